The number of nitro benzene ring substituents is 1. The van der Waals surface area contributed by atoms with Crippen LogP contribution >= 0.6 is 58.0 Å². The highest BCUT2D eigenvalue weighted by atomic mass is 35.5. The number of aromatic nitrogens is 1. The average molecular weight is 1060 g/mol. The molecule has 1 fully saturated rings. The van der Waals surface area contributed by atoms with Crippen LogP contribution in [0.5, 0.6) is 17.2 Å². The van der Waals surface area contributed by atoms with Gasteiger partial charge in [0.25, 0.3) is 17.5 Å². The van der Waals surface area contributed by atoms with Crippen LogP contribution in [0.15, 0.2) is 77.7 Å². The summed E-state index contributed by atoms with van der Waals surface area (Å²) < 4.78 is 60.6. The van der Waals surface area contributed by atoms with Crippen molar-refractivity contribution >= 4 is 93.7 Å². The summed E-state index contributed by atoms with van der Waals surface area (Å²) in [6.45, 7) is 2.00. The molecule has 1 aromatic heterocycles. The molecular weight excluding hydrogens is 1010 g/mol. The highest BCUT2D eigenvalue weighted by Crippen LogP contribution is 2.47. The van der Waals surface area contributed by atoms with Crippen molar-refractivity contribution in [1.29, 1.82) is 0 Å². The van der Waals surface area contributed by atoms with E-state index in [1.54, 1.807) is 18.3 Å². The molecule has 0 saturated carbocycles. The number of hydrogen-bond donors (Lipinski definition) is 8. The molecule has 0 radical (unpaired) electrons. The highest BCUT2D eigenvalue weighted by molar-refractivity contribution is 6.55. The Bertz CT molecular complexity index is 2070. The summed E-state index contributed by atoms with van der Waals surface area (Å²) in [6, 6.07) is 17.4. The van der Waals surface area contributed by atoms with Crippen LogP contribution in [0.2, 0.25) is 25.1 Å². The number of amides is 2. The van der Waals surface area contributed by atoms with E-state index >= 15 is 0 Å². The lowest BCUT2D eigenvalue weighted by Crippen LogP contribution is -2.32. The van der Waals surface area contributed by atoms with Crippen molar-refractivity contribution in [2.75, 3.05) is 10.6 Å². The Labute approximate surface area is 407 Å². The van der Waals surface area contributed by atoms with Gasteiger partial charge in [0.15, 0.2) is 11.5 Å². The maximum absolute atomic E-state index is 12.2. The summed E-state index contributed by atoms with van der Waals surface area (Å²) >= 11 is 27.9. The van der Waals surface area contributed by atoms with Gasteiger partial charge in [-0.15, -0.1) is 5.53 Å². The van der Waals surface area contributed by atoms with Gasteiger partial charge in [-0.1, -0.05) is 121 Å². The van der Waals surface area contributed by atoms with Crippen molar-refractivity contribution in [3.05, 3.63) is 148 Å². The fourth-order valence-electron chi connectivity index (χ4n) is 3.64. The first-order valence-corrected chi connectivity index (χ1v) is 17.4. The number of carbonyl (C=O) groups is 3. The molecule has 376 valence electrons. The van der Waals surface area contributed by atoms with E-state index in [-0.39, 0.29) is 110 Å². The number of nitrogens with zero attached hydrogens (tertiary/aromatic N) is 3. The molecular formula is C40H50Cl5F5N6O11. The van der Waals surface area contributed by atoms with Crippen molar-refractivity contribution < 1.29 is 67.0 Å². The van der Waals surface area contributed by atoms with Crippen LogP contribution < -0.4 is 21.7 Å². The Morgan fingerprint density at radius 2 is 1.00 bits per heavy atom. The van der Waals surface area contributed by atoms with Crippen molar-refractivity contribution in [3.8, 4) is 17.2 Å². The van der Waals surface area contributed by atoms with Crippen LogP contribution in [0.3, 0.4) is 0 Å². The molecule has 2 amide bonds. The second-order valence-electron chi connectivity index (χ2n) is 10.5. The molecule has 3 heterocycles. The van der Waals surface area contributed by atoms with Crippen LogP contribution in [0.1, 0.15) is 57.4 Å². The number of aromatic amines is 1. The lowest BCUT2D eigenvalue weighted by molar-refractivity contribution is -0.384. The molecule has 2 aliphatic heterocycles. The van der Waals surface area contributed by atoms with Crippen LogP contribution in [-0.4, -0.2) is 59.3 Å². The van der Waals surface area contributed by atoms with E-state index in [9.17, 15) is 51.6 Å². The number of hydrazine groups is 2. The molecule has 1 saturated heterocycles. The lowest BCUT2D eigenvalue weighted by atomic mass is 10.3. The number of benzene rings is 4. The Kier molecular flexibility index (Phi) is 38.2. The zero-order chi connectivity index (χ0) is 46.7. The summed E-state index contributed by atoms with van der Waals surface area (Å²) in [5.74, 6) is -14.3. The number of carbonyl (C=O) groups excluding carboxylic acids is 3. The quantitative estimate of drug-likeness (QED) is 0.0148. The van der Waals surface area contributed by atoms with Gasteiger partial charge in [-0.2, -0.15) is 19.0 Å². The summed E-state index contributed by atoms with van der Waals surface area (Å²) in [5.41, 5.74) is 6.85. The lowest BCUT2D eigenvalue weighted by Gasteiger charge is -2.06. The Morgan fingerprint density at radius 1 is 0.597 bits per heavy atom. The van der Waals surface area contributed by atoms with Gasteiger partial charge in [-0.25, -0.2) is 13.2 Å². The van der Waals surface area contributed by atoms with E-state index in [1.165, 1.54) is 30.3 Å². The van der Waals surface area contributed by atoms with Crippen LogP contribution in [0.4, 0.5) is 39.0 Å². The van der Waals surface area contributed by atoms with Crippen molar-refractivity contribution in [2.24, 2.45) is 0 Å². The third kappa shape index (κ3) is 21.5. The first-order chi connectivity index (χ1) is 28.6. The minimum absolute atomic E-state index is 0. The molecule has 0 bridgehead atoms. The maximum Gasteiger partial charge on any atom is 0.269 e. The number of halogens is 10. The first-order valence-electron chi connectivity index (χ1n) is 15.5. The summed E-state index contributed by atoms with van der Waals surface area (Å²) in [5, 5.41) is 54.6. The van der Waals surface area contributed by atoms with Gasteiger partial charge < -0.3 is 25.1 Å². The molecule has 8 N–H and O–H groups in total. The number of rotatable bonds is 1. The predicted molar refractivity (Wildman–Crippen MR) is 251 cm³/mol. The Balaban J connectivity index is -0.000000164. The molecule has 2 aliphatic rings. The maximum atomic E-state index is 12.2. The smallest absolute Gasteiger partial charge is 0.269 e. The number of phenols is 3. The van der Waals surface area contributed by atoms with Gasteiger partial charge >= 0.3 is 0 Å². The number of H-pyrrole nitrogens is 1. The number of phenolic OH excluding ortho intramolecular Hbond substituents is 3. The minimum atomic E-state index is -2.29. The molecule has 27 heteroatoms. The summed E-state index contributed by atoms with van der Waals surface area (Å²) in [7, 11) is 0. The minimum Gasteiger partial charge on any atom is -0.508 e. The van der Waals surface area contributed by atoms with Gasteiger partial charge in [-0.05, 0) is 30.3 Å². The summed E-state index contributed by atoms with van der Waals surface area (Å²) in [6.07, 6.45) is 1.90. The highest BCUT2D eigenvalue weighted by Gasteiger charge is 2.27. The normalized spacial score (nSPS) is 10.7. The molecule has 67 heavy (non-hydrogen) atoms. The van der Waals surface area contributed by atoms with Crippen molar-refractivity contribution in [3.63, 3.8) is 0 Å². The predicted octanol–water partition coefficient (Wildman–Crippen LogP) is 12.3. The molecule has 5 aromatic rings. The number of aromatic hydroxyl groups is 3. The third-order valence-electron chi connectivity index (χ3n) is 6.57. The Morgan fingerprint density at radius 3 is 1.34 bits per heavy atom. The van der Waals surface area contributed by atoms with Crippen molar-refractivity contribution in [1.82, 2.24) is 15.6 Å². The molecule has 17 nitrogen and oxygen atoms in total. The zero-order valence-electron chi connectivity index (χ0n) is 29.9. The topological polar surface area (TPSA) is 259 Å². The fraction of sp³-hybridized carbons (Fsp3) is 0.200. The van der Waals surface area contributed by atoms with Gasteiger partial charge in [-0.3, -0.25) is 40.3 Å². The van der Waals surface area contributed by atoms with E-state index in [2.05, 4.69) is 15.9 Å². The number of nitrogens with one attached hydrogen (secondary N) is 3. The van der Waals surface area contributed by atoms with E-state index in [0.717, 1.165) is 16.5 Å². The standard InChI is InChI=1S/C6HCl5O.C6HF5O.C6H7N3O.C6H5NO3.C5H5NO.C4H5NO3.CH2O.6CH4/c2*7-1-2(8)4(10)6(12)5(11)3(1)9;10-9-6-4-2-1-3-5(6)7-8-9;8-6-3-1-5(2-4-6)7(9)10;7-5-3-1-2-4-6-5;6-3-1-2-4(7)5(3)8;1-2;;;;;;/h2*12H;1-4,7-8,10H;1-4,8H;1-4H,(H,6,7);8H,1-2H2;1H2;6*1H4. The fourth-order valence-corrected chi connectivity index (χ4v) is 4.77. The number of anilines is 2. The van der Waals surface area contributed by atoms with Gasteiger partial charge in [0.05, 0.1) is 25.7 Å². The zero-order valence-corrected chi connectivity index (χ0v) is 33.6. The largest absolute Gasteiger partial charge is 0.508 e. The van der Waals surface area contributed by atoms with Gasteiger partial charge in [0, 0.05) is 37.2 Å². The SMILES string of the molecule is C.C.C.C.C.C.C=O.O=C1CCC(=O)N1O.O=[N+]([O-])c1ccc(O)cc1.O=c1cccc[nH]1.ON1NNc2ccccc21.Oc1c(Cl)c(Cl)c(Cl)c(Cl)c1Cl.Oc1c(F)c(F)c(F)c(F)c1F. The number of non-ortho nitro benzene ring substituents is 1. The number of imide groups is 1. The number of pyridine rings is 1. The Hall–Kier alpha value is -5.98. The molecule has 0 unspecified atom stereocenters. The molecule has 0 spiro atoms. The van der Waals surface area contributed by atoms with E-state index in [1.807, 2.05) is 31.1 Å². The van der Waals surface area contributed by atoms with E-state index in [0.29, 0.717) is 0 Å². The average Bonchev–Trinajstić information content (AvgIpc) is 3.79. The molecule has 7 rings (SSSR count). The third-order valence-corrected chi connectivity index (χ3v) is 8.83. The van der Waals surface area contributed by atoms with Crippen molar-refractivity contribution in [2.45, 2.75) is 57.4 Å². The second-order valence-corrected chi connectivity index (χ2v) is 12.4. The van der Waals surface area contributed by atoms with Crippen LogP contribution in [-0.2, 0) is 14.4 Å². The molecule has 0 aliphatic carbocycles. The van der Waals surface area contributed by atoms with Crippen LogP contribution in [0.25, 0.3) is 0 Å². The number of hydroxylamine groups is 2. The number of hydrogen-bond acceptors (Lipinski definition) is 14. The molecule has 0 atom stereocenters. The number of para-hydroxylation sites is 2. The van der Waals surface area contributed by atoms with Gasteiger partial charge in [0.1, 0.15) is 28.3 Å². The number of fused-ring (bicyclic) bond motifs is 1. The first kappa shape index (κ1) is 72.6. The summed E-state index contributed by atoms with van der Waals surface area (Å²) in [4.78, 5) is 50.7. The van der Waals surface area contributed by atoms with Crippen LogP contribution in [0, 0.1) is 39.2 Å². The van der Waals surface area contributed by atoms with E-state index in [4.69, 9.17) is 83.4 Å². The monoisotopic (exact) mass is 1060 g/mol. The second kappa shape index (κ2) is 35.2. The van der Waals surface area contributed by atoms with E-state index < -0.39 is 51.6 Å². The van der Waals surface area contributed by atoms with Gasteiger partial charge in [0.2, 0.25) is 34.6 Å². The molecule has 4 aromatic carbocycles. The number of nitro groups is 1.